The van der Waals surface area contributed by atoms with Gasteiger partial charge in [0.05, 0.1) is 0 Å². The van der Waals surface area contributed by atoms with Crippen LogP contribution in [0.5, 0.6) is 0 Å². The predicted molar refractivity (Wildman–Crippen MR) is 114 cm³/mol. The fraction of sp³-hybridized carbons (Fsp3) is 0.737. The molecule has 0 rings (SSSR count). The fourth-order valence-electron chi connectivity index (χ4n) is 0.316. The molecule has 0 atom stereocenters. The van der Waals surface area contributed by atoms with Crippen molar-refractivity contribution in [3.8, 4) is 0 Å². The van der Waals surface area contributed by atoms with E-state index in [0.29, 0.717) is 13.2 Å². The average molecular weight is 401 g/mol. The van der Waals surface area contributed by atoms with Crippen molar-refractivity contribution in [2.75, 3.05) is 13.2 Å². The van der Waals surface area contributed by atoms with E-state index in [1.165, 1.54) is 12.8 Å². The Kier molecular flexibility index (Phi) is 246. The number of hydrogen-bond acceptors (Lipinski definition) is 3. The summed E-state index contributed by atoms with van der Waals surface area (Å²) >= 11 is 0.750. The van der Waals surface area contributed by atoms with E-state index in [-0.39, 0.29) is 39.6 Å². The molecule has 3 nitrogen and oxygen atoms in total. The van der Waals surface area contributed by atoms with Gasteiger partial charge < -0.3 is 46.3 Å². The number of unbranched alkanes of at least 4 members (excludes halogenated alkanes) is 4. The molecule has 0 radical (unpaired) electrons. The van der Waals surface area contributed by atoms with E-state index in [1.54, 1.807) is 0 Å². The Labute approximate surface area is 179 Å². The van der Waals surface area contributed by atoms with Crippen molar-refractivity contribution in [3.63, 3.8) is 0 Å². The van der Waals surface area contributed by atoms with Crippen LogP contribution in [-0.2, 0) is 23.7 Å². The molecule has 24 heavy (non-hydrogen) atoms. The maximum absolute atomic E-state index is 8.25. The van der Waals surface area contributed by atoms with Gasteiger partial charge in [-0.05, 0) is 12.8 Å². The second-order valence-corrected chi connectivity index (χ2v) is 3.86. The molecule has 0 saturated heterocycles. The van der Waals surface area contributed by atoms with Crippen LogP contribution in [-0.4, -0.2) is 40.8 Å². The second-order valence-electron chi connectivity index (χ2n) is 3.86. The molecule has 5 heteroatoms. The Morgan fingerprint density at radius 3 is 0.833 bits per heavy atom. The Bertz CT molecular complexity index is 82.7. The predicted octanol–water partition coefficient (Wildman–Crippen LogP) is 4.84. The molecule has 0 aliphatic heterocycles. The van der Waals surface area contributed by atoms with Gasteiger partial charge >= 0.3 is 23.7 Å². The molecule has 0 aromatic rings. The molecule has 0 aliphatic rings. The number of rotatable bonds is 6. The summed E-state index contributed by atoms with van der Waals surface area (Å²) in [6.07, 6.45) is 8.63. The topological polar surface area (TPSA) is 57.5 Å². The van der Waals surface area contributed by atoms with Gasteiger partial charge in [0, 0.05) is 13.2 Å². The second kappa shape index (κ2) is 105. The monoisotopic (exact) mass is 401 g/mol. The van der Waals surface area contributed by atoms with Gasteiger partial charge in [0.25, 0.3) is 0 Å². The summed E-state index contributed by atoms with van der Waals surface area (Å²) in [5, 5.41) is 16.1. The van der Waals surface area contributed by atoms with Gasteiger partial charge in [0.15, 0.2) is 17.4 Å². The molecule has 0 aromatic heterocycles. The quantitative estimate of drug-likeness (QED) is 0.494. The molecule has 0 aromatic carbocycles. The standard InChI is InChI=1S/2C4H10O.2C4H9.3CH3.Al.O.Ti.3H/c2*1-2-3-4-5;2*1-3-4-2;;;;;;;;;/h2*5H,2-4H2,1H3;2*1,3-4H2,2H3;3*1H3;;;;;;/q;;5*-1;;;;;;. The third kappa shape index (κ3) is 228. The van der Waals surface area contributed by atoms with Crippen LogP contribution in [0.3, 0.4) is 0 Å². The third-order valence-corrected chi connectivity index (χ3v) is 1.73. The summed E-state index contributed by atoms with van der Waals surface area (Å²) in [5.74, 6) is 0. The molecule has 0 heterocycles. The summed E-state index contributed by atoms with van der Waals surface area (Å²) in [6, 6.07) is 0. The molecule has 0 aliphatic carbocycles. The summed E-state index contributed by atoms with van der Waals surface area (Å²) < 4.78 is 8.25. The average Bonchev–Trinajstić information content (AvgIpc) is 2.52. The maximum atomic E-state index is 8.25. The zero-order chi connectivity index (χ0) is 17.1. The van der Waals surface area contributed by atoms with E-state index in [2.05, 4.69) is 41.5 Å². The van der Waals surface area contributed by atoms with E-state index in [4.69, 9.17) is 13.5 Å². The molecule has 0 fully saturated rings. The molecule has 0 unspecified atom stereocenters. The third-order valence-electron chi connectivity index (χ3n) is 1.73. The van der Waals surface area contributed by atoms with Crippen LogP contribution < -0.4 is 0 Å². The van der Waals surface area contributed by atoms with Crippen molar-refractivity contribution in [2.24, 2.45) is 0 Å². The summed E-state index contributed by atoms with van der Waals surface area (Å²) in [7, 11) is 0. The van der Waals surface area contributed by atoms with Crippen LogP contribution in [0.15, 0.2) is 0 Å². The van der Waals surface area contributed by atoms with Crippen molar-refractivity contribution >= 4 is 17.4 Å². The molecule has 156 valence electrons. The Morgan fingerprint density at radius 2 is 0.833 bits per heavy atom. The van der Waals surface area contributed by atoms with Crippen LogP contribution in [0.2, 0.25) is 0 Å². The SMILES string of the molecule is CCCCO.CCCCO.[AlH3].[CH2-]CCC.[CH2-]CCC.[CH3-].[CH3-].[CH3-].[O]=[Ti]. The Balaban J connectivity index is -0.0000000164. The summed E-state index contributed by atoms with van der Waals surface area (Å²) in [6.45, 7) is 16.2. The zero-order valence-electron chi connectivity index (χ0n) is 17.3. The van der Waals surface area contributed by atoms with Crippen LogP contribution in [0.4, 0.5) is 0 Å². The van der Waals surface area contributed by atoms with Crippen molar-refractivity contribution in [2.45, 2.75) is 79.1 Å². The fourth-order valence-corrected chi connectivity index (χ4v) is 0.316. The van der Waals surface area contributed by atoms with Crippen LogP contribution in [0.25, 0.3) is 0 Å². The Morgan fingerprint density at radius 1 is 0.667 bits per heavy atom. The molecule has 0 spiro atoms. The van der Waals surface area contributed by atoms with Crippen molar-refractivity contribution in [3.05, 3.63) is 36.1 Å². The van der Waals surface area contributed by atoms with Gasteiger partial charge in [-0.2, -0.15) is 12.8 Å². The first kappa shape index (κ1) is 56.3. The number of aliphatic hydroxyl groups is 2. The first-order chi connectivity index (χ1) is 9.66. The summed E-state index contributed by atoms with van der Waals surface area (Å²) in [5.41, 5.74) is 0. The normalized spacial score (nSPS) is 6.12. The van der Waals surface area contributed by atoms with E-state index in [9.17, 15) is 0 Å². The van der Waals surface area contributed by atoms with E-state index in [0.717, 1.165) is 58.9 Å². The first-order valence-electron chi connectivity index (χ1n) is 7.67. The van der Waals surface area contributed by atoms with Crippen LogP contribution >= 0.6 is 0 Å². The minimum absolute atomic E-state index is 0. The van der Waals surface area contributed by atoms with Crippen LogP contribution in [0.1, 0.15) is 79.1 Å². The van der Waals surface area contributed by atoms with E-state index < -0.39 is 0 Å². The molecule has 2 N–H and O–H groups in total. The van der Waals surface area contributed by atoms with Gasteiger partial charge in [-0.3, -0.25) is 0 Å². The number of aliphatic hydroxyl groups excluding tert-OH is 2. The van der Waals surface area contributed by atoms with Crippen molar-refractivity contribution in [1.29, 1.82) is 0 Å². The van der Waals surface area contributed by atoms with E-state index >= 15 is 0 Å². The van der Waals surface area contributed by atoms with Gasteiger partial charge in [0.2, 0.25) is 0 Å². The molecular weight excluding hydrogens is 351 g/mol. The molecule has 0 bridgehead atoms. The van der Waals surface area contributed by atoms with Crippen molar-refractivity contribution < 1.29 is 33.9 Å². The first-order valence-corrected chi connectivity index (χ1v) is 8.30. The van der Waals surface area contributed by atoms with Gasteiger partial charge in [-0.25, -0.2) is 0 Å². The summed E-state index contributed by atoms with van der Waals surface area (Å²) in [4.78, 5) is 0. The molecule has 0 amide bonds. The van der Waals surface area contributed by atoms with Gasteiger partial charge in [-0.15, -0.1) is 0 Å². The molecular formula is C19H50AlO3Ti-5. The van der Waals surface area contributed by atoms with E-state index in [1.807, 2.05) is 0 Å². The van der Waals surface area contributed by atoms with Gasteiger partial charge in [-0.1, -0.05) is 53.4 Å². The molecule has 0 saturated carbocycles. The minimum atomic E-state index is 0. The Hall–Kier alpha value is 0.967. The van der Waals surface area contributed by atoms with Gasteiger partial charge in [0.1, 0.15) is 0 Å². The van der Waals surface area contributed by atoms with Crippen molar-refractivity contribution in [1.82, 2.24) is 0 Å². The number of hydrogen-bond donors (Lipinski definition) is 2. The zero-order valence-corrected chi connectivity index (χ0v) is 18.8. The van der Waals surface area contributed by atoms with Crippen LogP contribution in [0, 0.1) is 36.1 Å².